The van der Waals surface area contributed by atoms with E-state index in [0.29, 0.717) is 6.54 Å². The Morgan fingerprint density at radius 3 is 2.43 bits per heavy atom. The topological polar surface area (TPSA) is 107 Å². The summed E-state index contributed by atoms with van der Waals surface area (Å²) in [5.41, 5.74) is -3.02. The number of likely N-dealkylation sites (tertiary alicyclic amines) is 1. The molecule has 3 heterocycles. The lowest BCUT2D eigenvalue weighted by Crippen LogP contribution is -2.34. The fourth-order valence-electron chi connectivity index (χ4n) is 4.00. The van der Waals surface area contributed by atoms with Gasteiger partial charge in [0.15, 0.2) is 5.01 Å². The van der Waals surface area contributed by atoms with Crippen LogP contribution in [-0.2, 0) is 6.18 Å². The van der Waals surface area contributed by atoms with Gasteiger partial charge in [-0.3, -0.25) is 9.59 Å². The van der Waals surface area contributed by atoms with Gasteiger partial charge in [0.05, 0.1) is 16.0 Å². The van der Waals surface area contributed by atoms with Gasteiger partial charge in [0.1, 0.15) is 11.5 Å². The number of aromatic nitrogens is 2. The minimum absolute atomic E-state index is 0.0405. The SMILES string of the molecule is CC1CCCN1C(=O)c1nc(C(=O)NCCC(C)(C)O)sc1-c1cnc(NC(C)(C)C)cc1C(F)(F)F. The van der Waals surface area contributed by atoms with Crippen LogP contribution in [0.1, 0.15) is 86.7 Å². The number of halogens is 3. The summed E-state index contributed by atoms with van der Waals surface area (Å²) in [4.78, 5) is 36.2. The molecular weight excluding hydrogens is 507 g/mol. The maximum absolute atomic E-state index is 14.2. The van der Waals surface area contributed by atoms with Crippen LogP contribution in [0.15, 0.2) is 12.3 Å². The molecule has 2 aromatic rings. The molecular formula is C25H34F3N5O3S. The number of thiazole rings is 1. The quantitative estimate of drug-likeness (QED) is 0.458. The van der Waals surface area contributed by atoms with E-state index in [1.54, 1.807) is 39.5 Å². The van der Waals surface area contributed by atoms with Crippen molar-refractivity contribution in [3.8, 4) is 10.4 Å². The van der Waals surface area contributed by atoms with Crippen LogP contribution in [0.4, 0.5) is 19.0 Å². The highest BCUT2D eigenvalue weighted by Gasteiger charge is 2.38. The summed E-state index contributed by atoms with van der Waals surface area (Å²) in [5.74, 6) is -1.10. The minimum atomic E-state index is -4.74. The first kappa shape index (κ1) is 28.8. The number of hydrogen-bond acceptors (Lipinski definition) is 7. The van der Waals surface area contributed by atoms with Crippen LogP contribution in [0.5, 0.6) is 0 Å². The van der Waals surface area contributed by atoms with Gasteiger partial charge in [0, 0.05) is 36.4 Å². The van der Waals surface area contributed by atoms with E-state index in [-0.39, 0.29) is 46.0 Å². The maximum Gasteiger partial charge on any atom is 0.417 e. The molecule has 0 aromatic carbocycles. The second-order valence-corrected chi connectivity index (χ2v) is 12.0. The molecule has 1 aliphatic rings. The zero-order valence-electron chi connectivity index (χ0n) is 21.9. The predicted molar refractivity (Wildman–Crippen MR) is 137 cm³/mol. The van der Waals surface area contributed by atoms with Crippen molar-refractivity contribution in [2.75, 3.05) is 18.4 Å². The van der Waals surface area contributed by atoms with E-state index in [1.807, 2.05) is 6.92 Å². The lowest BCUT2D eigenvalue weighted by atomic mass is 10.1. The monoisotopic (exact) mass is 541 g/mol. The molecule has 2 aromatic heterocycles. The summed E-state index contributed by atoms with van der Waals surface area (Å²) in [6, 6.07) is 0.820. The zero-order chi connectivity index (χ0) is 27.8. The van der Waals surface area contributed by atoms with Crippen molar-refractivity contribution < 1.29 is 27.9 Å². The Morgan fingerprint density at radius 2 is 1.89 bits per heavy atom. The number of amides is 2. The number of carbonyl (C=O) groups excluding carboxylic acids is 2. The molecule has 3 N–H and O–H groups in total. The maximum atomic E-state index is 14.2. The van der Waals surface area contributed by atoms with Crippen LogP contribution in [-0.4, -0.2) is 62.1 Å². The highest BCUT2D eigenvalue weighted by Crippen LogP contribution is 2.42. The van der Waals surface area contributed by atoms with Crippen molar-refractivity contribution in [1.82, 2.24) is 20.2 Å². The fraction of sp³-hybridized carbons (Fsp3) is 0.600. The molecule has 0 saturated carbocycles. The molecule has 8 nitrogen and oxygen atoms in total. The number of pyridine rings is 1. The van der Waals surface area contributed by atoms with Gasteiger partial charge in [-0.05, 0) is 66.9 Å². The van der Waals surface area contributed by atoms with Gasteiger partial charge in [-0.2, -0.15) is 13.2 Å². The first-order chi connectivity index (χ1) is 17.0. The number of nitrogens with zero attached hydrogens (tertiary/aromatic N) is 3. The van der Waals surface area contributed by atoms with Crippen molar-refractivity contribution >= 4 is 29.0 Å². The van der Waals surface area contributed by atoms with Gasteiger partial charge >= 0.3 is 6.18 Å². The molecule has 37 heavy (non-hydrogen) atoms. The molecule has 0 aliphatic carbocycles. The number of aliphatic hydroxyl groups is 1. The Morgan fingerprint density at radius 1 is 1.22 bits per heavy atom. The standard InChI is InChI=1S/C25H34F3N5O3S/c1-14-8-7-11-33(14)22(35)18-19(37-21(31-18)20(34)29-10-9-24(5,6)36)15-13-30-17(32-23(2,3)4)12-16(15)25(26,27)28/h12-14,36H,7-11H2,1-6H3,(H,29,34)(H,30,32). The second kappa shape index (κ2) is 10.6. The number of anilines is 1. The Kier molecular flexibility index (Phi) is 8.23. The van der Waals surface area contributed by atoms with Crippen LogP contribution in [0.2, 0.25) is 0 Å². The second-order valence-electron chi connectivity index (χ2n) is 11.0. The van der Waals surface area contributed by atoms with E-state index in [1.165, 1.54) is 0 Å². The van der Waals surface area contributed by atoms with Gasteiger partial charge in [0.2, 0.25) is 0 Å². The third-order valence-corrected chi connectivity index (χ3v) is 6.90. The third-order valence-electron chi connectivity index (χ3n) is 5.82. The summed E-state index contributed by atoms with van der Waals surface area (Å²) in [7, 11) is 0. The van der Waals surface area contributed by atoms with Crippen LogP contribution >= 0.6 is 11.3 Å². The fourth-order valence-corrected chi connectivity index (χ4v) is 4.99. The summed E-state index contributed by atoms with van der Waals surface area (Å²) in [6.45, 7) is 11.1. The van der Waals surface area contributed by atoms with Crippen LogP contribution < -0.4 is 10.6 Å². The Hall–Kier alpha value is -2.73. The summed E-state index contributed by atoms with van der Waals surface area (Å²) >= 11 is 0.723. The van der Waals surface area contributed by atoms with Crippen molar-refractivity contribution in [3.63, 3.8) is 0 Å². The van der Waals surface area contributed by atoms with Crippen LogP contribution in [0.3, 0.4) is 0 Å². The lowest BCUT2D eigenvalue weighted by Gasteiger charge is -2.23. The molecule has 204 valence electrons. The first-order valence-corrected chi connectivity index (χ1v) is 13.0. The van der Waals surface area contributed by atoms with Crippen molar-refractivity contribution in [2.45, 2.75) is 84.2 Å². The number of nitrogens with one attached hydrogen (secondary N) is 2. The van der Waals surface area contributed by atoms with Gasteiger partial charge in [-0.1, -0.05) is 0 Å². The summed E-state index contributed by atoms with van der Waals surface area (Å²) < 4.78 is 42.7. The molecule has 1 aliphatic heterocycles. The molecule has 0 spiro atoms. The van der Waals surface area contributed by atoms with Crippen molar-refractivity contribution in [2.24, 2.45) is 0 Å². The Bertz CT molecular complexity index is 1150. The molecule has 1 saturated heterocycles. The first-order valence-electron chi connectivity index (χ1n) is 12.1. The van der Waals surface area contributed by atoms with E-state index in [2.05, 4.69) is 20.6 Å². The Balaban J connectivity index is 2.09. The van der Waals surface area contributed by atoms with Crippen LogP contribution in [0.25, 0.3) is 10.4 Å². The molecule has 1 unspecified atom stereocenters. The third kappa shape index (κ3) is 7.41. The normalized spacial score (nSPS) is 16.7. The molecule has 12 heteroatoms. The van der Waals surface area contributed by atoms with E-state index in [9.17, 15) is 27.9 Å². The number of hydrogen-bond donors (Lipinski definition) is 3. The molecule has 2 amide bonds. The molecule has 1 fully saturated rings. The van der Waals surface area contributed by atoms with E-state index in [4.69, 9.17) is 0 Å². The molecule has 0 bridgehead atoms. The average Bonchev–Trinajstić information content (AvgIpc) is 3.37. The number of rotatable bonds is 7. The average molecular weight is 542 g/mol. The molecule has 3 rings (SSSR count). The predicted octanol–water partition coefficient (Wildman–Crippen LogP) is 4.95. The minimum Gasteiger partial charge on any atom is -0.390 e. The highest BCUT2D eigenvalue weighted by atomic mass is 32.1. The van der Waals surface area contributed by atoms with Crippen molar-refractivity contribution in [1.29, 1.82) is 0 Å². The molecule has 0 radical (unpaired) electrons. The Labute approximate surface area is 218 Å². The highest BCUT2D eigenvalue weighted by molar-refractivity contribution is 7.17. The largest absolute Gasteiger partial charge is 0.417 e. The van der Waals surface area contributed by atoms with Gasteiger partial charge in [-0.25, -0.2) is 9.97 Å². The van der Waals surface area contributed by atoms with E-state index in [0.717, 1.165) is 36.4 Å². The zero-order valence-corrected chi connectivity index (χ0v) is 22.7. The van der Waals surface area contributed by atoms with Crippen molar-refractivity contribution in [3.05, 3.63) is 28.5 Å². The van der Waals surface area contributed by atoms with Gasteiger partial charge < -0.3 is 20.6 Å². The van der Waals surface area contributed by atoms with E-state index < -0.39 is 34.7 Å². The summed E-state index contributed by atoms with van der Waals surface area (Å²) in [6.07, 6.45) is -1.85. The summed E-state index contributed by atoms with van der Waals surface area (Å²) in [5, 5.41) is 15.3. The van der Waals surface area contributed by atoms with Gasteiger partial charge in [-0.15, -0.1) is 11.3 Å². The smallest absolute Gasteiger partial charge is 0.390 e. The molecule has 1 atom stereocenters. The number of alkyl halides is 3. The number of carbonyl (C=O) groups is 2. The van der Waals surface area contributed by atoms with Crippen LogP contribution in [0, 0.1) is 0 Å². The van der Waals surface area contributed by atoms with Gasteiger partial charge in [0.25, 0.3) is 11.8 Å². The lowest BCUT2D eigenvalue weighted by molar-refractivity contribution is -0.137. The van der Waals surface area contributed by atoms with E-state index >= 15 is 0 Å².